The second-order valence-corrected chi connectivity index (χ2v) is 4.47. The molecule has 0 saturated carbocycles. The lowest BCUT2D eigenvalue weighted by atomic mass is 10.1. The van der Waals surface area contributed by atoms with Gasteiger partial charge in [0.2, 0.25) is 0 Å². The molecule has 2 rings (SSSR count). The van der Waals surface area contributed by atoms with E-state index in [1.165, 1.54) is 19.3 Å². The SMILES string of the molecule is O=CC(c1nccs1)N1CCCCC1. The van der Waals surface area contributed by atoms with Gasteiger partial charge in [-0.15, -0.1) is 11.3 Å². The lowest BCUT2D eigenvalue weighted by Crippen LogP contribution is -2.34. The smallest absolute Gasteiger partial charge is 0.144 e. The van der Waals surface area contributed by atoms with E-state index in [1.807, 2.05) is 5.38 Å². The Morgan fingerprint density at radius 1 is 1.43 bits per heavy atom. The number of hydrogen-bond donors (Lipinski definition) is 0. The number of piperidine rings is 1. The average molecular weight is 210 g/mol. The molecule has 2 heterocycles. The molecule has 0 N–H and O–H groups in total. The van der Waals surface area contributed by atoms with E-state index in [4.69, 9.17) is 0 Å². The van der Waals surface area contributed by atoms with Crippen molar-refractivity contribution >= 4 is 17.6 Å². The lowest BCUT2D eigenvalue weighted by Gasteiger charge is -2.29. The Hall–Kier alpha value is -0.740. The molecule has 1 aliphatic rings. The Labute approximate surface area is 87.8 Å². The molecule has 0 aliphatic carbocycles. The minimum Gasteiger partial charge on any atom is -0.301 e. The van der Waals surface area contributed by atoms with Gasteiger partial charge in [-0.1, -0.05) is 6.42 Å². The van der Waals surface area contributed by atoms with Crippen LogP contribution in [0.2, 0.25) is 0 Å². The van der Waals surface area contributed by atoms with Crippen molar-refractivity contribution in [1.29, 1.82) is 0 Å². The molecule has 0 spiro atoms. The fraction of sp³-hybridized carbons (Fsp3) is 0.600. The van der Waals surface area contributed by atoms with Gasteiger partial charge in [0.1, 0.15) is 17.3 Å². The summed E-state index contributed by atoms with van der Waals surface area (Å²) >= 11 is 1.57. The van der Waals surface area contributed by atoms with E-state index < -0.39 is 0 Å². The largest absolute Gasteiger partial charge is 0.301 e. The van der Waals surface area contributed by atoms with E-state index in [1.54, 1.807) is 17.5 Å². The molecule has 14 heavy (non-hydrogen) atoms. The molecule has 1 aromatic rings. The molecule has 0 amide bonds. The highest BCUT2D eigenvalue weighted by Crippen LogP contribution is 2.23. The van der Waals surface area contributed by atoms with E-state index in [0.717, 1.165) is 24.4 Å². The predicted molar refractivity (Wildman–Crippen MR) is 56.3 cm³/mol. The van der Waals surface area contributed by atoms with E-state index in [-0.39, 0.29) is 6.04 Å². The predicted octanol–water partition coefficient (Wildman–Crippen LogP) is 1.87. The monoisotopic (exact) mass is 210 g/mol. The van der Waals surface area contributed by atoms with E-state index >= 15 is 0 Å². The molecule has 1 aromatic heterocycles. The van der Waals surface area contributed by atoms with Gasteiger partial charge in [-0.05, 0) is 25.9 Å². The lowest BCUT2D eigenvalue weighted by molar-refractivity contribution is -0.113. The Morgan fingerprint density at radius 2 is 2.21 bits per heavy atom. The van der Waals surface area contributed by atoms with Crippen LogP contribution in [0, 0.1) is 0 Å². The van der Waals surface area contributed by atoms with Gasteiger partial charge in [0.15, 0.2) is 0 Å². The van der Waals surface area contributed by atoms with Crippen LogP contribution in [0.25, 0.3) is 0 Å². The Morgan fingerprint density at radius 3 is 2.79 bits per heavy atom. The molecule has 0 radical (unpaired) electrons. The second-order valence-electron chi connectivity index (χ2n) is 3.55. The standard InChI is InChI=1S/C10H14N2OS/c13-8-9(10-11-4-7-14-10)12-5-2-1-3-6-12/h4,7-9H,1-3,5-6H2. The highest BCUT2D eigenvalue weighted by molar-refractivity contribution is 7.09. The third-order valence-corrected chi connectivity index (χ3v) is 3.46. The molecule has 1 aliphatic heterocycles. The van der Waals surface area contributed by atoms with Crippen molar-refractivity contribution < 1.29 is 4.79 Å². The van der Waals surface area contributed by atoms with Crippen LogP contribution in [0.3, 0.4) is 0 Å². The second kappa shape index (κ2) is 4.66. The van der Waals surface area contributed by atoms with Crippen LogP contribution in [-0.2, 0) is 4.79 Å². The molecular weight excluding hydrogens is 196 g/mol. The van der Waals surface area contributed by atoms with Crippen LogP contribution in [0.1, 0.15) is 30.3 Å². The van der Waals surface area contributed by atoms with Gasteiger partial charge in [-0.3, -0.25) is 4.90 Å². The third-order valence-electron chi connectivity index (χ3n) is 2.62. The fourth-order valence-corrected chi connectivity index (χ4v) is 2.60. The first-order valence-corrected chi connectivity index (χ1v) is 5.88. The van der Waals surface area contributed by atoms with Gasteiger partial charge in [-0.2, -0.15) is 0 Å². The number of likely N-dealkylation sites (tertiary alicyclic amines) is 1. The van der Waals surface area contributed by atoms with Crippen LogP contribution >= 0.6 is 11.3 Å². The first-order valence-electron chi connectivity index (χ1n) is 5.00. The van der Waals surface area contributed by atoms with Gasteiger partial charge in [-0.25, -0.2) is 4.98 Å². The molecular formula is C10H14N2OS. The van der Waals surface area contributed by atoms with Gasteiger partial charge >= 0.3 is 0 Å². The van der Waals surface area contributed by atoms with Crippen LogP contribution in [0.4, 0.5) is 0 Å². The number of thiazole rings is 1. The van der Waals surface area contributed by atoms with E-state index in [9.17, 15) is 4.79 Å². The summed E-state index contributed by atoms with van der Waals surface area (Å²) < 4.78 is 0. The molecule has 0 aromatic carbocycles. The van der Waals surface area contributed by atoms with Gasteiger partial charge in [0.25, 0.3) is 0 Å². The van der Waals surface area contributed by atoms with Crippen molar-refractivity contribution in [2.75, 3.05) is 13.1 Å². The van der Waals surface area contributed by atoms with Crippen LogP contribution in [0.15, 0.2) is 11.6 Å². The normalized spacial score (nSPS) is 20.6. The highest BCUT2D eigenvalue weighted by Gasteiger charge is 2.23. The number of aldehydes is 1. The summed E-state index contributed by atoms with van der Waals surface area (Å²) in [5.74, 6) is 0. The zero-order chi connectivity index (χ0) is 9.80. The summed E-state index contributed by atoms with van der Waals surface area (Å²) in [6, 6.07) is -0.102. The zero-order valence-corrected chi connectivity index (χ0v) is 8.87. The summed E-state index contributed by atoms with van der Waals surface area (Å²) in [6.45, 7) is 2.06. The molecule has 3 nitrogen and oxygen atoms in total. The zero-order valence-electron chi connectivity index (χ0n) is 8.06. The fourth-order valence-electron chi connectivity index (χ4n) is 1.88. The molecule has 4 heteroatoms. The maximum atomic E-state index is 11.0. The van der Waals surface area contributed by atoms with E-state index in [0.29, 0.717) is 0 Å². The van der Waals surface area contributed by atoms with Crippen molar-refractivity contribution in [1.82, 2.24) is 9.88 Å². The summed E-state index contributed by atoms with van der Waals surface area (Å²) in [4.78, 5) is 17.5. The highest BCUT2D eigenvalue weighted by atomic mass is 32.1. The van der Waals surface area contributed by atoms with Gasteiger partial charge in [0.05, 0.1) is 0 Å². The van der Waals surface area contributed by atoms with Crippen molar-refractivity contribution in [3.05, 3.63) is 16.6 Å². The third kappa shape index (κ3) is 2.01. The Kier molecular flexibility index (Phi) is 3.26. The summed E-state index contributed by atoms with van der Waals surface area (Å²) in [6.07, 6.45) is 6.48. The van der Waals surface area contributed by atoms with Crippen molar-refractivity contribution in [3.63, 3.8) is 0 Å². The van der Waals surface area contributed by atoms with Crippen molar-refractivity contribution in [2.24, 2.45) is 0 Å². The topological polar surface area (TPSA) is 33.2 Å². The molecule has 1 atom stereocenters. The number of aromatic nitrogens is 1. The average Bonchev–Trinajstić information content (AvgIpc) is 2.74. The first-order chi connectivity index (χ1) is 6.92. The van der Waals surface area contributed by atoms with Gasteiger partial charge < -0.3 is 4.79 Å². The van der Waals surface area contributed by atoms with Crippen LogP contribution in [0.5, 0.6) is 0 Å². The quantitative estimate of drug-likeness (QED) is 0.714. The Bertz CT molecular complexity index is 280. The van der Waals surface area contributed by atoms with Crippen molar-refractivity contribution in [3.8, 4) is 0 Å². The van der Waals surface area contributed by atoms with Crippen LogP contribution < -0.4 is 0 Å². The minimum absolute atomic E-state index is 0.102. The van der Waals surface area contributed by atoms with Crippen molar-refractivity contribution in [2.45, 2.75) is 25.3 Å². The summed E-state index contributed by atoms with van der Waals surface area (Å²) in [5, 5.41) is 2.86. The van der Waals surface area contributed by atoms with Gasteiger partial charge in [0, 0.05) is 11.6 Å². The van der Waals surface area contributed by atoms with E-state index in [2.05, 4.69) is 9.88 Å². The first kappa shape index (κ1) is 9.80. The molecule has 1 fully saturated rings. The molecule has 1 unspecified atom stereocenters. The minimum atomic E-state index is -0.102. The van der Waals surface area contributed by atoms with Crippen LogP contribution in [-0.4, -0.2) is 29.3 Å². The summed E-state index contributed by atoms with van der Waals surface area (Å²) in [5.41, 5.74) is 0. The number of hydrogen-bond acceptors (Lipinski definition) is 4. The molecule has 0 bridgehead atoms. The number of carbonyl (C=O) groups excluding carboxylic acids is 1. The maximum Gasteiger partial charge on any atom is 0.144 e. The Balaban J connectivity index is 2.08. The number of nitrogens with zero attached hydrogens (tertiary/aromatic N) is 2. The molecule has 76 valence electrons. The number of carbonyl (C=O) groups is 1. The number of rotatable bonds is 3. The molecule has 1 saturated heterocycles. The summed E-state index contributed by atoms with van der Waals surface area (Å²) in [7, 11) is 0. The maximum absolute atomic E-state index is 11.0.